The monoisotopic (exact) mass is 414 g/mol. The molecule has 4 rings (SSSR count). The van der Waals surface area contributed by atoms with Crippen LogP contribution >= 0.6 is 15.9 Å². The lowest BCUT2D eigenvalue weighted by Crippen LogP contribution is -2.12. The number of pyridine rings is 1. The quantitative estimate of drug-likeness (QED) is 0.617. The van der Waals surface area contributed by atoms with Gasteiger partial charge in [0.1, 0.15) is 6.10 Å². The molecule has 1 aliphatic rings. The van der Waals surface area contributed by atoms with Gasteiger partial charge in [0.25, 0.3) is 0 Å². The van der Waals surface area contributed by atoms with E-state index >= 15 is 0 Å². The zero-order chi connectivity index (χ0) is 17.9. The number of methoxy groups -OCH3 is 1. The molecule has 7 heteroatoms. The fourth-order valence-corrected chi connectivity index (χ4v) is 3.35. The van der Waals surface area contributed by atoms with E-state index in [1.807, 2.05) is 30.3 Å². The fraction of sp³-hybridized carbons (Fsp3) is 0.316. The van der Waals surface area contributed by atoms with Crippen LogP contribution in [0.3, 0.4) is 0 Å². The molecule has 1 aliphatic carbocycles. The molecule has 0 aliphatic heterocycles. The standard InChI is InChI=1S/C19H19BrN4O2/c1-25-17-11-10-15(12-21-17)24-18(13-6-8-14(20)9-7-13)22-19(23-24)26-16-4-2-3-5-16/h6-12,16H,2-5H2,1H3. The summed E-state index contributed by atoms with van der Waals surface area (Å²) in [7, 11) is 1.60. The van der Waals surface area contributed by atoms with E-state index in [1.54, 1.807) is 24.1 Å². The highest BCUT2D eigenvalue weighted by atomic mass is 79.9. The summed E-state index contributed by atoms with van der Waals surface area (Å²) < 4.78 is 13.9. The van der Waals surface area contributed by atoms with E-state index in [2.05, 4.69) is 31.0 Å². The summed E-state index contributed by atoms with van der Waals surface area (Å²) >= 11 is 3.47. The van der Waals surface area contributed by atoms with Crippen LogP contribution in [-0.4, -0.2) is 33.0 Å². The van der Waals surface area contributed by atoms with E-state index < -0.39 is 0 Å². The van der Waals surface area contributed by atoms with Gasteiger partial charge in [0, 0.05) is 16.1 Å². The molecule has 2 aromatic heterocycles. The van der Waals surface area contributed by atoms with E-state index in [0.29, 0.717) is 11.9 Å². The molecule has 1 saturated carbocycles. The first-order chi connectivity index (χ1) is 12.7. The number of halogens is 1. The van der Waals surface area contributed by atoms with Crippen molar-refractivity contribution in [2.24, 2.45) is 0 Å². The molecule has 0 radical (unpaired) electrons. The number of benzene rings is 1. The van der Waals surface area contributed by atoms with Gasteiger partial charge in [-0.2, -0.15) is 4.98 Å². The summed E-state index contributed by atoms with van der Waals surface area (Å²) in [4.78, 5) is 8.92. The second kappa shape index (κ2) is 7.45. The predicted molar refractivity (Wildman–Crippen MR) is 102 cm³/mol. The van der Waals surface area contributed by atoms with Crippen LogP contribution in [0.5, 0.6) is 11.9 Å². The Bertz CT molecular complexity index is 872. The first kappa shape index (κ1) is 17.0. The van der Waals surface area contributed by atoms with E-state index in [1.165, 1.54) is 12.8 Å². The molecule has 3 aromatic rings. The minimum Gasteiger partial charge on any atom is -0.481 e. The maximum Gasteiger partial charge on any atom is 0.336 e. The molecule has 0 bridgehead atoms. The molecule has 134 valence electrons. The third kappa shape index (κ3) is 3.58. The molecular weight excluding hydrogens is 396 g/mol. The van der Waals surface area contributed by atoms with Crippen LogP contribution < -0.4 is 9.47 Å². The van der Waals surface area contributed by atoms with Crippen molar-refractivity contribution in [3.05, 3.63) is 47.1 Å². The highest BCUT2D eigenvalue weighted by Crippen LogP contribution is 2.28. The normalized spacial score (nSPS) is 14.5. The van der Waals surface area contributed by atoms with Gasteiger partial charge in [-0.05, 0) is 43.9 Å². The second-order valence-corrected chi connectivity index (χ2v) is 7.14. The fourth-order valence-electron chi connectivity index (χ4n) is 3.08. The van der Waals surface area contributed by atoms with Gasteiger partial charge in [-0.25, -0.2) is 9.67 Å². The summed E-state index contributed by atoms with van der Waals surface area (Å²) in [6, 6.07) is 12.1. The third-order valence-electron chi connectivity index (χ3n) is 4.44. The number of rotatable bonds is 5. The van der Waals surface area contributed by atoms with Crippen LogP contribution in [-0.2, 0) is 0 Å². The Labute approximate surface area is 160 Å². The van der Waals surface area contributed by atoms with Gasteiger partial charge in [-0.1, -0.05) is 28.1 Å². The zero-order valence-corrected chi connectivity index (χ0v) is 16.0. The first-order valence-corrected chi connectivity index (χ1v) is 9.42. The Morgan fingerprint density at radius 2 is 1.85 bits per heavy atom. The van der Waals surface area contributed by atoms with Gasteiger partial charge in [0.2, 0.25) is 5.88 Å². The number of ether oxygens (including phenoxy) is 2. The molecule has 1 fully saturated rings. The van der Waals surface area contributed by atoms with Crippen molar-refractivity contribution in [1.29, 1.82) is 0 Å². The topological polar surface area (TPSA) is 62.1 Å². The van der Waals surface area contributed by atoms with Crippen molar-refractivity contribution in [2.75, 3.05) is 7.11 Å². The van der Waals surface area contributed by atoms with E-state index in [9.17, 15) is 0 Å². The minimum absolute atomic E-state index is 0.206. The summed E-state index contributed by atoms with van der Waals surface area (Å²) in [5, 5.41) is 4.59. The van der Waals surface area contributed by atoms with Crippen molar-refractivity contribution in [2.45, 2.75) is 31.8 Å². The Morgan fingerprint density at radius 1 is 1.08 bits per heavy atom. The Kier molecular flexibility index (Phi) is 4.88. The maximum absolute atomic E-state index is 6.01. The second-order valence-electron chi connectivity index (χ2n) is 6.22. The SMILES string of the molecule is COc1ccc(-n2nc(OC3CCCC3)nc2-c2ccc(Br)cc2)cn1. The molecule has 26 heavy (non-hydrogen) atoms. The van der Waals surface area contributed by atoms with Crippen molar-refractivity contribution >= 4 is 15.9 Å². The molecule has 0 amide bonds. The largest absolute Gasteiger partial charge is 0.481 e. The van der Waals surface area contributed by atoms with Crippen LogP contribution in [0.1, 0.15) is 25.7 Å². The predicted octanol–water partition coefficient (Wildman–Crippen LogP) is 4.42. The smallest absolute Gasteiger partial charge is 0.336 e. The summed E-state index contributed by atoms with van der Waals surface area (Å²) in [6.45, 7) is 0. The van der Waals surface area contributed by atoms with E-state index in [4.69, 9.17) is 9.47 Å². The number of hydrogen-bond donors (Lipinski definition) is 0. The number of nitrogens with zero attached hydrogens (tertiary/aromatic N) is 4. The van der Waals surface area contributed by atoms with Gasteiger partial charge in [0.15, 0.2) is 5.82 Å². The molecule has 0 atom stereocenters. The molecular formula is C19H19BrN4O2. The third-order valence-corrected chi connectivity index (χ3v) is 4.97. The summed E-state index contributed by atoms with van der Waals surface area (Å²) in [6.07, 6.45) is 6.45. The lowest BCUT2D eigenvalue weighted by molar-refractivity contribution is 0.192. The molecule has 0 saturated heterocycles. The van der Waals surface area contributed by atoms with Gasteiger partial charge in [-0.3, -0.25) is 0 Å². The summed E-state index contributed by atoms with van der Waals surface area (Å²) in [5.41, 5.74) is 1.76. The van der Waals surface area contributed by atoms with Crippen LogP contribution in [0.4, 0.5) is 0 Å². The van der Waals surface area contributed by atoms with Gasteiger partial charge >= 0.3 is 6.01 Å². The van der Waals surface area contributed by atoms with Gasteiger partial charge in [0.05, 0.1) is 19.0 Å². The molecule has 6 nitrogen and oxygen atoms in total. The molecule has 1 aromatic carbocycles. The van der Waals surface area contributed by atoms with Crippen molar-refractivity contribution < 1.29 is 9.47 Å². The minimum atomic E-state index is 0.206. The highest BCUT2D eigenvalue weighted by molar-refractivity contribution is 9.10. The Hall–Kier alpha value is -2.41. The van der Waals surface area contributed by atoms with E-state index in [0.717, 1.165) is 34.4 Å². The average molecular weight is 415 g/mol. The first-order valence-electron chi connectivity index (χ1n) is 8.63. The van der Waals surface area contributed by atoms with Crippen LogP contribution in [0.25, 0.3) is 17.1 Å². The number of aromatic nitrogens is 4. The lowest BCUT2D eigenvalue weighted by atomic mass is 10.2. The van der Waals surface area contributed by atoms with Gasteiger partial charge in [-0.15, -0.1) is 5.10 Å². The average Bonchev–Trinajstić information content (AvgIpc) is 3.33. The van der Waals surface area contributed by atoms with Gasteiger partial charge < -0.3 is 9.47 Å². The maximum atomic E-state index is 6.01. The summed E-state index contributed by atoms with van der Waals surface area (Å²) in [5.74, 6) is 1.28. The molecule has 2 heterocycles. The van der Waals surface area contributed by atoms with Crippen molar-refractivity contribution in [1.82, 2.24) is 19.7 Å². The lowest BCUT2D eigenvalue weighted by Gasteiger charge is -2.08. The molecule has 0 unspecified atom stereocenters. The molecule has 0 spiro atoms. The van der Waals surface area contributed by atoms with Crippen molar-refractivity contribution in [3.8, 4) is 29.0 Å². The Morgan fingerprint density at radius 3 is 2.50 bits per heavy atom. The number of hydrogen-bond acceptors (Lipinski definition) is 5. The van der Waals surface area contributed by atoms with Crippen LogP contribution in [0.2, 0.25) is 0 Å². The Balaban J connectivity index is 1.73. The van der Waals surface area contributed by atoms with Crippen LogP contribution in [0, 0.1) is 0 Å². The van der Waals surface area contributed by atoms with Crippen LogP contribution in [0.15, 0.2) is 47.1 Å². The molecule has 0 N–H and O–H groups in total. The van der Waals surface area contributed by atoms with Crippen molar-refractivity contribution in [3.63, 3.8) is 0 Å². The highest BCUT2D eigenvalue weighted by Gasteiger charge is 2.21. The zero-order valence-electron chi connectivity index (χ0n) is 14.4. The van der Waals surface area contributed by atoms with E-state index in [-0.39, 0.29) is 6.10 Å².